The van der Waals surface area contributed by atoms with Gasteiger partial charge >= 0.3 is 40.8 Å². The molecule has 0 bridgehead atoms. The maximum absolute atomic E-state index is 11.8. The van der Waals surface area contributed by atoms with Crippen LogP contribution in [0.15, 0.2) is 95.7 Å². The monoisotopic (exact) mass is 884 g/mol. The fraction of sp³-hybridized carbons (Fsp3) is 0.340. The van der Waals surface area contributed by atoms with Crippen LogP contribution in [0.1, 0.15) is 99.9 Å². The van der Waals surface area contributed by atoms with E-state index in [4.69, 9.17) is 0 Å². The summed E-state index contributed by atoms with van der Waals surface area (Å²) in [5.41, 5.74) is 14.6. The molecule has 0 heterocycles. The van der Waals surface area contributed by atoms with Gasteiger partial charge in [0.05, 0.1) is 0 Å². The molecule has 0 spiro atoms. The van der Waals surface area contributed by atoms with Crippen LogP contribution in [0.4, 0.5) is 26.3 Å². The SMILES string of the molecule is CC1=[C-]C(C)(C)c2cc3c(cc21)-c1cc2c(cc1C3)C(C)(C)C=C2C.CC1=[C-]C(C)C=C1[Si](C)(C)C.FC(F)(F)c1c[c-]ccc1.FC(F)(F)c1c[c-]ccc1.[CH2]=[Zr]. The Hall–Kier alpha value is -3.61. The third kappa shape index (κ3) is 11.0. The van der Waals surface area contributed by atoms with Crippen molar-refractivity contribution < 1.29 is 50.6 Å². The van der Waals surface area contributed by atoms with Crippen molar-refractivity contribution in [2.45, 2.75) is 105 Å². The van der Waals surface area contributed by atoms with Crippen molar-refractivity contribution in [2.75, 3.05) is 0 Å². The standard InChI is InChI=1S/C25H25.C10H17Si.2C7H4F3.CH2.Zr/c1-14-12-24(3,4)22-8-16-7-17-9-23-19(15(2)13-25(23,5)6)11-21(17)20(16)10-18(14)22;1-8-6-9(2)10(7-8)11(3,4)5;2*8-7(9,10)6-4-2-1-3-5-6;;/h8-12H,7H2,1-6H3;7-8H,1-5H3;2*1-2,4-5H;1H2;/q4*-1;;. The molecular weight excluding hydrogens is 834 g/mol. The van der Waals surface area contributed by atoms with Gasteiger partial charge in [0.1, 0.15) is 0 Å². The molecule has 1 atom stereocenters. The molecule has 0 N–H and O–H groups in total. The van der Waals surface area contributed by atoms with Gasteiger partial charge < -0.3 is 0 Å². The minimum atomic E-state index is -4.24. The van der Waals surface area contributed by atoms with Crippen molar-refractivity contribution in [1.82, 2.24) is 0 Å². The van der Waals surface area contributed by atoms with Crippen molar-refractivity contribution in [3.8, 4) is 11.1 Å². The molecule has 4 aliphatic rings. The average Bonchev–Trinajstić information content (AvgIpc) is 3.82. The van der Waals surface area contributed by atoms with E-state index in [0.29, 0.717) is 5.92 Å². The van der Waals surface area contributed by atoms with Crippen molar-refractivity contribution in [3.05, 3.63) is 165 Å². The molecule has 0 nitrogen and oxygen atoms in total. The zero-order valence-electron chi connectivity index (χ0n) is 35.3. The van der Waals surface area contributed by atoms with Gasteiger partial charge in [-0.05, 0) is 66.4 Å². The van der Waals surface area contributed by atoms with Gasteiger partial charge in [-0.3, -0.25) is 12.2 Å². The second kappa shape index (κ2) is 17.9. The molecule has 306 valence electrons. The van der Waals surface area contributed by atoms with E-state index in [0.717, 1.165) is 30.7 Å². The number of hydrogen-bond acceptors (Lipinski definition) is 0. The van der Waals surface area contributed by atoms with Crippen LogP contribution in [0.25, 0.3) is 22.3 Å². The number of rotatable bonds is 1. The molecule has 0 radical (unpaired) electrons. The minimum absolute atomic E-state index is 0.0340. The molecule has 8 rings (SSSR count). The van der Waals surface area contributed by atoms with E-state index in [1.807, 2.05) is 0 Å². The van der Waals surface area contributed by atoms with Gasteiger partial charge in [0.15, 0.2) is 0 Å². The molecule has 4 aliphatic carbocycles. The third-order valence-electron chi connectivity index (χ3n) is 10.6. The van der Waals surface area contributed by atoms with Crippen LogP contribution in [0, 0.1) is 30.2 Å². The number of alkyl halides is 6. The van der Waals surface area contributed by atoms with Crippen LogP contribution in [0.3, 0.4) is 0 Å². The molecule has 1 unspecified atom stereocenters. The van der Waals surface area contributed by atoms with Crippen molar-refractivity contribution in [3.63, 3.8) is 0 Å². The average molecular weight is 886 g/mol. The van der Waals surface area contributed by atoms with Gasteiger partial charge in [-0.2, -0.15) is 98.6 Å². The Morgan fingerprint density at radius 1 is 0.707 bits per heavy atom. The van der Waals surface area contributed by atoms with Crippen LogP contribution in [0.2, 0.25) is 19.6 Å². The summed E-state index contributed by atoms with van der Waals surface area (Å²) in [6.07, 6.45) is 4.47. The Bertz CT molecular complexity index is 2100. The summed E-state index contributed by atoms with van der Waals surface area (Å²) in [6.45, 7) is 25.2. The first-order chi connectivity index (χ1) is 26.8. The van der Waals surface area contributed by atoms with Crippen molar-refractivity contribution in [1.29, 1.82) is 0 Å². The molecular formula is C50H52F6SiZr-4. The van der Waals surface area contributed by atoms with Crippen LogP contribution >= 0.6 is 0 Å². The first kappa shape index (κ1) is 47.1. The summed E-state index contributed by atoms with van der Waals surface area (Å²) in [5, 5.41) is 1.60. The summed E-state index contributed by atoms with van der Waals surface area (Å²) in [6, 6.07) is 23.8. The molecule has 58 heavy (non-hydrogen) atoms. The van der Waals surface area contributed by atoms with E-state index in [1.165, 1.54) is 110 Å². The first-order valence-electron chi connectivity index (χ1n) is 19.2. The first-order valence-corrected chi connectivity index (χ1v) is 24.5. The van der Waals surface area contributed by atoms with Crippen LogP contribution in [0.5, 0.6) is 0 Å². The molecule has 4 aromatic rings. The van der Waals surface area contributed by atoms with E-state index >= 15 is 0 Å². The number of hydrogen-bond donors (Lipinski definition) is 0. The van der Waals surface area contributed by atoms with Crippen molar-refractivity contribution >= 4 is 23.4 Å². The number of allylic oxidation sites excluding steroid dienone is 8. The summed E-state index contributed by atoms with van der Waals surface area (Å²) in [4.78, 5) is 0. The Morgan fingerprint density at radius 3 is 1.57 bits per heavy atom. The summed E-state index contributed by atoms with van der Waals surface area (Å²) in [5.74, 6) is 0.553. The molecule has 0 aliphatic heterocycles. The summed E-state index contributed by atoms with van der Waals surface area (Å²) < 4.78 is 73.9. The van der Waals surface area contributed by atoms with Crippen LogP contribution in [-0.4, -0.2) is 12.3 Å². The van der Waals surface area contributed by atoms with E-state index < -0.39 is 31.6 Å². The van der Waals surface area contributed by atoms with Gasteiger partial charge in [-0.25, -0.2) is 16.3 Å². The Kier molecular flexibility index (Phi) is 14.6. The van der Waals surface area contributed by atoms with Gasteiger partial charge in [-0.15, -0.1) is 11.6 Å². The van der Waals surface area contributed by atoms with E-state index in [2.05, 4.69) is 140 Å². The zero-order chi connectivity index (χ0) is 43.6. The van der Waals surface area contributed by atoms with Crippen LogP contribution < -0.4 is 0 Å². The zero-order valence-corrected chi connectivity index (χ0v) is 38.8. The van der Waals surface area contributed by atoms with E-state index in [9.17, 15) is 26.3 Å². The number of halogens is 6. The van der Waals surface area contributed by atoms with Crippen molar-refractivity contribution in [2.24, 2.45) is 5.92 Å². The van der Waals surface area contributed by atoms with Gasteiger partial charge in [0, 0.05) is 5.41 Å². The summed E-state index contributed by atoms with van der Waals surface area (Å²) in [7, 11) is -1.07. The quantitative estimate of drug-likeness (QED) is 0.0894. The molecule has 0 fully saturated rings. The summed E-state index contributed by atoms with van der Waals surface area (Å²) >= 11 is 1.30. The van der Waals surface area contributed by atoms with Gasteiger partial charge in [-0.1, -0.05) is 109 Å². The second-order valence-electron chi connectivity index (χ2n) is 17.2. The molecule has 0 amide bonds. The maximum atomic E-state index is 11.8. The van der Waals surface area contributed by atoms with Crippen LogP contribution in [-0.2, 0) is 53.8 Å². The number of fused-ring (bicyclic) bond motifs is 5. The molecule has 0 saturated heterocycles. The fourth-order valence-corrected chi connectivity index (χ4v) is 10.0. The van der Waals surface area contributed by atoms with E-state index in [-0.39, 0.29) is 10.8 Å². The molecule has 4 aromatic carbocycles. The number of benzene rings is 4. The Morgan fingerprint density at radius 2 is 1.19 bits per heavy atom. The predicted molar refractivity (Wildman–Crippen MR) is 227 cm³/mol. The molecule has 8 heteroatoms. The molecule has 0 aromatic heterocycles. The third-order valence-corrected chi connectivity index (χ3v) is 12.7. The van der Waals surface area contributed by atoms with E-state index in [1.54, 1.807) is 5.20 Å². The van der Waals surface area contributed by atoms with Gasteiger partial charge in [0.2, 0.25) is 0 Å². The second-order valence-corrected chi connectivity index (χ2v) is 22.2. The van der Waals surface area contributed by atoms with Gasteiger partial charge in [0.25, 0.3) is 0 Å². The predicted octanol–water partition coefficient (Wildman–Crippen LogP) is 14.6. The Balaban J connectivity index is 0.000000189. The fourth-order valence-electron chi connectivity index (χ4n) is 8.06. The molecule has 0 saturated carbocycles. The normalized spacial score (nSPS) is 17.6. The topological polar surface area (TPSA) is 0 Å². The Labute approximate surface area is 358 Å².